The zero-order valence-corrected chi connectivity index (χ0v) is 8.08. The highest BCUT2D eigenvalue weighted by Gasteiger charge is 2.38. The quantitative estimate of drug-likeness (QED) is 0.845. The third kappa shape index (κ3) is 3.13. The summed E-state index contributed by atoms with van der Waals surface area (Å²) in [7, 11) is 1.37. The Bertz CT molecular complexity index is 323. The molecule has 1 N–H and O–H groups in total. The standard InChI is InChI=1S/C10H11F3O2/c1-15-8-5-3-2-4-7(8)6-9(14)10(11,12)13/h2-5,9,14H,6H2,1H3/t9-/m0/s1. The summed E-state index contributed by atoms with van der Waals surface area (Å²) in [5.74, 6) is 0.348. The predicted octanol–water partition coefficient (Wildman–Crippen LogP) is 2.16. The molecule has 0 unspecified atom stereocenters. The SMILES string of the molecule is COc1ccccc1C[C@H](O)C(F)(F)F. The summed E-state index contributed by atoms with van der Waals surface area (Å²) in [6, 6.07) is 6.30. The fourth-order valence-corrected chi connectivity index (χ4v) is 1.20. The number of aliphatic hydroxyl groups is 1. The van der Waals surface area contributed by atoms with E-state index in [2.05, 4.69) is 0 Å². The van der Waals surface area contributed by atoms with Gasteiger partial charge >= 0.3 is 6.18 Å². The van der Waals surface area contributed by atoms with E-state index in [-0.39, 0.29) is 0 Å². The number of alkyl halides is 3. The Morgan fingerprint density at radius 2 is 1.93 bits per heavy atom. The van der Waals surface area contributed by atoms with Crippen LogP contribution in [-0.2, 0) is 6.42 Å². The zero-order valence-electron chi connectivity index (χ0n) is 8.08. The van der Waals surface area contributed by atoms with Crippen molar-refractivity contribution in [2.45, 2.75) is 18.7 Å². The van der Waals surface area contributed by atoms with Gasteiger partial charge in [-0.1, -0.05) is 18.2 Å². The minimum atomic E-state index is -4.60. The van der Waals surface area contributed by atoms with Gasteiger partial charge in [-0.15, -0.1) is 0 Å². The monoisotopic (exact) mass is 220 g/mol. The van der Waals surface area contributed by atoms with Gasteiger partial charge in [-0.05, 0) is 11.6 Å². The van der Waals surface area contributed by atoms with Crippen LogP contribution < -0.4 is 4.74 Å². The topological polar surface area (TPSA) is 29.5 Å². The number of hydrogen-bond acceptors (Lipinski definition) is 2. The van der Waals surface area contributed by atoms with Crippen LogP contribution in [0.4, 0.5) is 13.2 Å². The molecule has 5 heteroatoms. The molecular weight excluding hydrogens is 209 g/mol. The van der Waals surface area contributed by atoms with Crippen LogP contribution in [0, 0.1) is 0 Å². The second-order valence-corrected chi connectivity index (χ2v) is 3.07. The molecule has 1 aromatic rings. The Balaban J connectivity index is 2.80. The summed E-state index contributed by atoms with van der Waals surface area (Å²) < 4.78 is 41.1. The normalized spacial score (nSPS) is 13.7. The largest absolute Gasteiger partial charge is 0.496 e. The van der Waals surface area contributed by atoms with Crippen LogP contribution in [0.1, 0.15) is 5.56 Å². The van der Waals surface area contributed by atoms with E-state index in [1.165, 1.54) is 13.2 Å². The van der Waals surface area contributed by atoms with Crippen LogP contribution in [0.3, 0.4) is 0 Å². The fraction of sp³-hybridized carbons (Fsp3) is 0.400. The predicted molar refractivity (Wildman–Crippen MR) is 48.8 cm³/mol. The van der Waals surface area contributed by atoms with E-state index >= 15 is 0 Å². The summed E-state index contributed by atoms with van der Waals surface area (Å²) in [5.41, 5.74) is 0.338. The second-order valence-electron chi connectivity index (χ2n) is 3.07. The molecule has 15 heavy (non-hydrogen) atoms. The van der Waals surface area contributed by atoms with Gasteiger partial charge in [-0.3, -0.25) is 0 Å². The molecule has 0 aliphatic carbocycles. The van der Waals surface area contributed by atoms with Gasteiger partial charge in [0, 0.05) is 6.42 Å². The Hall–Kier alpha value is -1.23. The number of methoxy groups -OCH3 is 1. The molecule has 1 rings (SSSR count). The van der Waals surface area contributed by atoms with Gasteiger partial charge in [0.25, 0.3) is 0 Å². The van der Waals surface area contributed by atoms with E-state index in [4.69, 9.17) is 9.84 Å². The van der Waals surface area contributed by atoms with Crippen LogP contribution in [0.2, 0.25) is 0 Å². The van der Waals surface area contributed by atoms with Gasteiger partial charge in [-0.25, -0.2) is 0 Å². The van der Waals surface area contributed by atoms with Crippen LogP contribution in [-0.4, -0.2) is 24.5 Å². The van der Waals surface area contributed by atoms with Crippen molar-refractivity contribution in [1.29, 1.82) is 0 Å². The molecule has 0 bridgehead atoms. The van der Waals surface area contributed by atoms with Crippen LogP contribution in [0.5, 0.6) is 5.75 Å². The number of benzene rings is 1. The fourth-order valence-electron chi connectivity index (χ4n) is 1.20. The van der Waals surface area contributed by atoms with E-state index in [9.17, 15) is 13.2 Å². The molecular formula is C10H11F3O2. The highest BCUT2D eigenvalue weighted by atomic mass is 19.4. The number of aliphatic hydroxyl groups excluding tert-OH is 1. The third-order valence-electron chi connectivity index (χ3n) is 1.98. The smallest absolute Gasteiger partial charge is 0.414 e. The first-order valence-corrected chi connectivity index (χ1v) is 4.32. The lowest BCUT2D eigenvalue weighted by Gasteiger charge is -2.15. The summed E-state index contributed by atoms with van der Waals surface area (Å²) in [5, 5.41) is 8.88. The summed E-state index contributed by atoms with van der Waals surface area (Å²) in [4.78, 5) is 0. The van der Waals surface area contributed by atoms with Gasteiger partial charge < -0.3 is 9.84 Å². The van der Waals surface area contributed by atoms with E-state index in [1.807, 2.05) is 0 Å². The molecule has 84 valence electrons. The Kier molecular flexibility index (Phi) is 3.57. The van der Waals surface area contributed by atoms with Crippen molar-refractivity contribution in [1.82, 2.24) is 0 Å². The molecule has 0 amide bonds. The van der Waals surface area contributed by atoms with Gasteiger partial charge in [0.05, 0.1) is 7.11 Å². The van der Waals surface area contributed by atoms with Crippen molar-refractivity contribution in [3.05, 3.63) is 29.8 Å². The van der Waals surface area contributed by atoms with Crippen molar-refractivity contribution >= 4 is 0 Å². The van der Waals surface area contributed by atoms with E-state index in [0.29, 0.717) is 11.3 Å². The first-order valence-electron chi connectivity index (χ1n) is 4.32. The number of ether oxygens (including phenoxy) is 1. The zero-order chi connectivity index (χ0) is 11.5. The Morgan fingerprint density at radius 3 is 2.47 bits per heavy atom. The third-order valence-corrected chi connectivity index (χ3v) is 1.98. The Labute approximate surface area is 85.3 Å². The number of para-hydroxylation sites is 1. The maximum atomic E-state index is 12.1. The minimum absolute atomic E-state index is 0.338. The molecule has 0 radical (unpaired) electrons. The summed E-state index contributed by atoms with van der Waals surface area (Å²) in [6.45, 7) is 0. The molecule has 0 aliphatic rings. The van der Waals surface area contributed by atoms with E-state index < -0.39 is 18.7 Å². The van der Waals surface area contributed by atoms with Gasteiger partial charge in [-0.2, -0.15) is 13.2 Å². The van der Waals surface area contributed by atoms with Gasteiger partial charge in [0.1, 0.15) is 5.75 Å². The maximum Gasteiger partial charge on any atom is 0.414 e. The average Bonchev–Trinajstić information content (AvgIpc) is 2.17. The van der Waals surface area contributed by atoms with E-state index in [0.717, 1.165) is 0 Å². The van der Waals surface area contributed by atoms with Crippen molar-refractivity contribution in [3.63, 3.8) is 0 Å². The Morgan fingerprint density at radius 1 is 1.33 bits per heavy atom. The molecule has 0 fully saturated rings. The molecule has 0 aromatic heterocycles. The van der Waals surface area contributed by atoms with Crippen LogP contribution >= 0.6 is 0 Å². The lowest BCUT2D eigenvalue weighted by atomic mass is 10.1. The minimum Gasteiger partial charge on any atom is -0.496 e. The average molecular weight is 220 g/mol. The summed E-state index contributed by atoms with van der Waals surface area (Å²) >= 11 is 0. The van der Waals surface area contributed by atoms with E-state index in [1.54, 1.807) is 18.2 Å². The lowest BCUT2D eigenvalue weighted by Crippen LogP contribution is -2.30. The maximum absolute atomic E-state index is 12.1. The van der Waals surface area contributed by atoms with Gasteiger partial charge in [0.15, 0.2) is 6.10 Å². The molecule has 0 heterocycles. The molecule has 0 spiro atoms. The summed E-state index contributed by atoms with van der Waals surface area (Å²) in [6.07, 6.45) is -7.44. The van der Waals surface area contributed by atoms with Crippen molar-refractivity contribution in [2.24, 2.45) is 0 Å². The molecule has 0 saturated heterocycles. The lowest BCUT2D eigenvalue weighted by molar-refractivity contribution is -0.203. The second kappa shape index (κ2) is 4.53. The first kappa shape index (κ1) is 11.8. The number of rotatable bonds is 3. The van der Waals surface area contributed by atoms with Crippen molar-refractivity contribution in [2.75, 3.05) is 7.11 Å². The van der Waals surface area contributed by atoms with Crippen molar-refractivity contribution < 1.29 is 23.0 Å². The van der Waals surface area contributed by atoms with Crippen LogP contribution in [0.15, 0.2) is 24.3 Å². The molecule has 0 aliphatic heterocycles. The highest BCUT2D eigenvalue weighted by molar-refractivity contribution is 5.33. The number of halogens is 3. The van der Waals surface area contributed by atoms with Crippen LogP contribution in [0.25, 0.3) is 0 Å². The molecule has 0 saturated carbocycles. The molecule has 1 atom stereocenters. The first-order chi connectivity index (χ1) is 6.95. The highest BCUT2D eigenvalue weighted by Crippen LogP contribution is 2.26. The van der Waals surface area contributed by atoms with Crippen molar-refractivity contribution in [3.8, 4) is 5.75 Å². The molecule has 2 nitrogen and oxygen atoms in total. The number of hydrogen-bond donors (Lipinski definition) is 1. The molecule has 1 aromatic carbocycles. The van der Waals surface area contributed by atoms with Gasteiger partial charge in [0.2, 0.25) is 0 Å².